The molecule has 3 nitrogen and oxygen atoms in total. The number of nitrogens with zero attached hydrogens (tertiary/aromatic N) is 3. The van der Waals surface area contributed by atoms with E-state index in [4.69, 9.17) is 11.6 Å². The van der Waals surface area contributed by atoms with Crippen LogP contribution in [0, 0.1) is 25.2 Å². The minimum absolute atomic E-state index is 0.605. The molecule has 4 heteroatoms. The zero-order chi connectivity index (χ0) is 17.1. The van der Waals surface area contributed by atoms with Gasteiger partial charge in [0.1, 0.15) is 5.82 Å². The van der Waals surface area contributed by atoms with E-state index in [0.717, 1.165) is 28.3 Å². The molecule has 0 aliphatic heterocycles. The first-order chi connectivity index (χ1) is 11.6. The predicted octanol–water partition coefficient (Wildman–Crippen LogP) is 5.21. The van der Waals surface area contributed by atoms with Crippen LogP contribution < -0.4 is 0 Å². The summed E-state index contributed by atoms with van der Waals surface area (Å²) in [5, 5.41) is 10.2. The van der Waals surface area contributed by atoms with Crippen LogP contribution in [0.3, 0.4) is 0 Å². The Kier molecular flexibility index (Phi) is 4.50. The summed E-state index contributed by atoms with van der Waals surface area (Å²) in [7, 11) is 0. The molecule has 0 aliphatic rings. The smallest absolute Gasteiger partial charge is 0.136 e. The summed E-state index contributed by atoms with van der Waals surface area (Å²) >= 11 is 5.92. The number of rotatable bonds is 3. The maximum atomic E-state index is 9.52. The summed E-state index contributed by atoms with van der Waals surface area (Å²) < 4.78 is 2.09. The van der Waals surface area contributed by atoms with E-state index in [-0.39, 0.29) is 0 Å². The lowest BCUT2D eigenvalue weighted by molar-refractivity contribution is 0.921. The van der Waals surface area contributed by atoms with Crippen molar-refractivity contribution in [1.29, 1.82) is 5.26 Å². The van der Waals surface area contributed by atoms with Gasteiger partial charge >= 0.3 is 0 Å². The van der Waals surface area contributed by atoms with Crippen LogP contribution >= 0.6 is 11.6 Å². The molecule has 0 radical (unpaired) electrons. The van der Waals surface area contributed by atoms with E-state index in [0.29, 0.717) is 10.6 Å². The van der Waals surface area contributed by atoms with Crippen LogP contribution in [-0.2, 0) is 0 Å². The van der Waals surface area contributed by atoms with Gasteiger partial charge < -0.3 is 4.57 Å². The second-order valence-corrected chi connectivity index (χ2v) is 5.96. The van der Waals surface area contributed by atoms with Gasteiger partial charge in [-0.1, -0.05) is 29.8 Å². The summed E-state index contributed by atoms with van der Waals surface area (Å²) in [6.07, 6.45) is 3.68. The van der Waals surface area contributed by atoms with Gasteiger partial charge in [0.05, 0.1) is 11.6 Å². The lowest BCUT2D eigenvalue weighted by Crippen LogP contribution is -2.01. The first-order valence-corrected chi connectivity index (χ1v) is 7.96. The Morgan fingerprint density at radius 1 is 1.17 bits per heavy atom. The normalized spacial score (nSPS) is 11.3. The average Bonchev–Trinajstić information content (AvgIpc) is 2.88. The Morgan fingerprint density at radius 3 is 2.54 bits per heavy atom. The molecule has 3 aromatic rings. The van der Waals surface area contributed by atoms with Crippen molar-refractivity contribution in [1.82, 2.24) is 9.55 Å². The molecule has 0 spiro atoms. The molecule has 2 aromatic heterocycles. The molecule has 0 unspecified atom stereocenters. The Labute approximate surface area is 146 Å². The molecule has 0 saturated heterocycles. The highest BCUT2D eigenvalue weighted by molar-refractivity contribution is 6.30. The van der Waals surface area contributed by atoms with Gasteiger partial charge in [-0.15, -0.1) is 0 Å². The molecule has 0 amide bonds. The highest BCUT2D eigenvalue weighted by Gasteiger charge is 2.11. The van der Waals surface area contributed by atoms with Crippen LogP contribution in [0.5, 0.6) is 0 Å². The number of halogens is 1. The summed E-state index contributed by atoms with van der Waals surface area (Å²) in [5.41, 5.74) is 4.58. The molecule has 3 rings (SSSR count). The number of pyridine rings is 1. The molecule has 0 aliphatic carbocycles. The fourth-order valence-corrected chi connectivity index (χ4v) is 2.86. The van der Waals surface area contributed by atoms with E-state index >= 15 is 0 Å². The lowest BCUT2D eigenvalue weighted by Gasteiger charge is -2.08. The first kappa shape index (κ1) is 16.0. The molecule has 0 bridgehead atoms. The van der Waals surface area contributed by atoms with Crippen molar-refractivity contribution in [3.8, 4) is 11.9 Å². The maximum Gasteiger partial charge on any atom is 0.136 e. The largest absolute Gasteiger partial charge is 0.303 e. The molecular formula is C20H16ClN3. The van der Waals surface area contributed by atoms with E-state index < -0.39 is 0 Å². The number of hydrogen-bond donors (Lipinski definition) is 0. The number of nitriles is 1. The van der Waals surface area contributed by atoms with E-state index in [2.05, 4.69) is 21.7 Å². The number of benzene rings is 1. The van der Waals surface area contributed by atoms with Gasteiger partial charge in [-0.25, -0.2) is 4.98 Å². The fourth-order valence-electron chi connectivity index (χ4n) is 2.74. The highest BCUT2D eigenvalue weighted by Crippen LogP contribution is 2.25. The quantitative estimate of drug-likeness (QED) is 0.617. The van der Waals surface area contributed by atoms with Crippen molar-refractivity contribution in [3.05, 3.63) is 82.3 Å². The standard InChI is InChI=1S/C20H16ClN3/c1-14-11-17(15(2)24(14)20-5-3-4-10-23-20)12-18(13-22)16-6-8-19(21)9-7-16/h3-12H,1-2H3/b18-12+. The third-order valence-electron chi connectivity index (χ3n) is 3.92. The van der Waals surface area contributed by atoms with Crippen LogP contribution in [-0.4, -0.2) is 9.55 Å². The second kappa shape index (κ2) is 6.74. The zero-order valence-electron chi connectivity index (χ0n) is 13.5. The topological polar surface area (TPSA) is 41.6 Å². The highest BCUT2D eigenvalue weighted by atomic mass is 35.5. The molecule has 118 valence electrons. The monoisotopic (exact) mass is 333 g/mol. The van der Waals surface area contributed by atoms with Gasteiger partial charge in [0.25, 0.3) is 0 Å². The van der Waals surface area contributed by atoms with Crippen molar-refractivity contribution < 1.29 is 0 Å². The SMILES string of the molecule is Cc1cc(/C=C(\C#N)c2ccc(Cl)cc2)c(C)n1-c1ccccn1. The number of allylic oxidation sites excluding steroid dienone is 1. The van der Waals surface area contributed by atoms with Crippen LogP contribution in [0.15, 0.2) is 54.7 Å². The van der Waals surface area contributed by atoms with Crippen molar-refractivity contribution in [2.45, 2.75) is 13.8 Å². The van der Waals surface area contributed by atoms with Crippen molar-refractivity contribution >= 4 is 23.3 Å². The van der Waals surface area contributed by atoms with Gasteiger partial charge in [0.15, 0.2) is 0 Å². The maximum absolute atomic E-state index is 9.52. The molecule has 0 saturated carbocycles. The third kappa shape index (κ3) is 3.10. The summed E-state index contributed by atoms with van der Waals surface area (Å²) in [6, 6.07) is 17.5. The molecule has 24 heavy (non-hydrogen) atoms. The Hall–Kier alpha value is -2.83. The van der Waals surface area contributed by atoms with Crippen LogP contribution in [0.2, 0.25) is 5.02 Å². The van der Waals surface area contributed by atoms with Crippen molar-refractivity contribution in [3.63, 3.8) is 0 Å². The number of aromatic nitrogens is 2. The van der Waals surface area contributed by atoms with Gasteiger partial charge in [0, 0.05) is 22.6 Å². The van der Waals surface area contributed by atoms with Crippen LogP contribution in [0.4, 0.5) is 0 Å². The van der Waals surface area contributed by atoms with Crippen LogP contribution in [0.25, 0.3) is 17.5 Å². The minimum Gasteiger partial charge on any atom is -0.303 e. The summed E-state index contributed by atoms with van der Waals surface area (Å²) in [4.78, 5) is 4.41. The number of hydrogen-bond acceptors (Lipinski definition) is 2. The zero-order valence-corrected chi connectivity index (χ0v) is 14.2. The lowest BCUT2D eigenvalue weighted by atomic mass is 10.0. The van der Waals surface area contributed by atoms with Crippen LogP contribution in [0.1, 0.15) is 22.5 Å². The van der Waals surface area contributed by atoms with E-state index in [1.165, 1.54) is 0 Å². The van der Waals surface area contributed by atoms with E-state index in [1.807, 2.05) is 50.3 Å². The van der Waals surface area contributed by atoms with Gasteiger partial charge in [0.2, 0.25) is 0 Å². The molecule has 1 aromatic carbocycles. The Balaban J connectivity index is 2.07. The molecule has 0 atom stereocenters. The third-order valence-corrected chi connectivity index (χ3v) is 4.18. The minimum atomic E-state index is 0.605. The molecule has 2 heterocycles. The van der Waals surface area contributed by atoms with Crippen molar-refractivity contribution in [2.75, 3.05) is 0 Å². The Morgan fingerprint density at radius 2 is 1.92 bits per heavy atom. The van der Waals surface area contributed by atoms with E-state index in [9.17, 15) is 5.26 Å². The van der Waals surface area contributed by atoms with Gasteiger partial charge in [-0.3, -0.25) is 0 Å². The van der Waals surface area contributed by atoms with Gasteiger partial charge in [-0.2, -0.15) is 5.26 Å². The average molecular weight is 334 g/mol. The molecular weight excluding hydrogens is 318 g/mol. The summed E-state index contributed by atoms with van der Waals surface area (Å²) in [6.45, 7) is 4.07. The Bertz CT molecular complexity index is 930. The molecule has 0 N–H and O–H groups in total. The molecule has 0 fully saturated rings. The first-order valence-electron chi connectivity index (χ1n) is 7.58. The van der Waals surface area contributed by atoms with Crippen molar-refractivity contribution in [2.24, 2.45) is 0 Å². The second-order valence-electron chi connectivity index (χ2n) is 5.53. The predicted molar refractivity (Wildman–Crippen MR) is 98.0 cm³/mol. The summed E-state index contributed by atoms with van der Waals surface area (Å²) in [5.74, 6) is 0.872. The van der Waals surface area contributed by atoms with Gasteiger partial charge in [-0.05, 0) is 61.4 Å². The number of aryl methyl sites for hydroxylation is 1. The van der Waals surface area contributed by atoms with E-state index in [1.54, 1.807) is 18.3 Å². The fraction of sp³-hybridized carbons (Fsp3) is 0.100.